The largest absolute Gasteiger partial charge is 0.497 e. The van der Waals surface area contributed by atoms with Crippen LogP contribution in [0.1, 0.15) is 24.3 Å². The Labute approximate surface area is 106 Å². The fourth-order valence-corrected chi connectivity index (χ4v) is 1.70. The van der Waals surface area contributed by atoms with Crippen LogP contribution in [0.4, 0.5) is 4.39 Å². The van der Waals surface area contributed by atoms with E-state index >= 15 is 0 Å². The summed E-state index contributed by atoms with van der Waals surface area (Å²) < 4.78 is 23.9. The van der Waals surface area contributed by atoms with Crippen LogP contribution in [-0.2, 0) is 6.54 Å². The Kier molecular flexibility index (Phi) is 3.99. The van der Waals surface area contributed by atoms with E-state index in [4.69, 9.17) is 9.15 Å². The maximum atomic E-state index is 13.7. The maximum absolute atomic E-state index is 13.7. The van der Waals surface area contributed by atoms with Gasteiger partial charge in [-0.2, -0.15) is 0 Å². The minimum Gasteiger partial charge on any atom is -0.497 e. The normalized spacial score (nSPS) is 12.4. The average molecular weight is 249 g/mol. The molecule has 2 rings (SSSR count). The second-order valence-corrected chi connectivity index (χ2v) is 4.08. The molecule has 0 saturated carbocycles. The summed E-state index contributed by atoms with van der Waals surface area (Å²) in [6, 6.07) is 8.62. The highest BCUT2D eigenvalue weighted by molar-refractivity contribution is 5.28. The molecule has 0 bridgehead atoms. The van der Waals surface area contributed by atoms with Crippen molar-refractivity contribution in [2.24, 2.45) is 0 Å². The molecule has 0 spiro atoms. The summed E-state index contributed by atoms with van der Waals surface area (Å²) in [6.45, 7) is 2.41. The van der Waals surface area contributed by atoms with Gasteiger partial charge in [0.2, 0.25) is 0 Å². The topological polar surface area (TPSA) is 34.4 Å². The van der Waals surface area contributed by atoms with Gasteiger partial charge in [-0.3, -0.25) is 0 Å². The van der Waals surface area contributed by atoms with Gasteiger partial charge < -0.3 is 14.5 Å². The lowest BCUT2D eigenvalue weighted by Crippen LogP contribution is -2.18. The van der Waals surface area contributed by atoms with Crippen LogP contribution >= 0.6 is 0 Å². The zero-order chi connectivity index (χ0) is 13.0. The van der Waals surface area contributed by atoms with Crippen molar-refractivity contribution in [2.45, 2.75) is 19.5 Å². The van der Waals surface area contributed by atoms with Crippen molar-refractivity contribution < 1.29 is 13.5 Å². The summed E-state index contributed by atoms with van der Waals surface area (Å²) in [4.78, 5) is 0. The average Bonchev–Trinajstić information content (AvgIpc) is 2.90. The lowest BCUT2D eigenvalue weighted by molar-refractivity contribution is 0.408. The van der Waals surface area contributed by atoms with Gasteiger partial charge in [0.15, 0.2) is 0 Å². The fourth-order valence-electron chi connectivity index (χ4n) is 1.70. The molecule has 1 unspecified atom stereocenters. The van der Waals surface area contributed by atoms with E-state index < -0.39 is 0 Å². The second-order valence-electron chi connectivity index (χ2n) is 4.08. The van der Waals surface area contributed by atoms with Crippen molar-refractivity contribution in [3.63, 3.8) is 0 Å². The highest BCUT2D eigenvalue weighted by Gasteiger charge is 2.09. The molecule has 1 N–H and O–H groups in total. The van der Waals surface area contributed by atoms with Crippen LogP contribution in [0.2, 0.25) is 0 Å². The molecule has 0 fully saturated rings. The number of hydrogen-bond donors (Lipinski definition) is 1. The van der Waals surface area contributed by atoms with Crippen molar-refractivity contribution in [1.82, 2.24) is 5.32 Å². The van der Waals surface area contributed by atoms with Crippen molar-refractivity contribution in [2.75, 3.05) is 7.11 Å². The third kappa shape index (κ3) is 2.90. The van der Waals surface area contributed by atoms with Crippen molar-refractivity contribution in [3.05, 3.63) is 53.7 Å². The Morgan fingerprint density at radius 3 is 2.83 bits per heavy atom. The van der Waals surface area contributed by atoms with Gasteiger partial charge in [-0.05, 0) is 25.1 Å². The lowest BCUT2D eigenvalue weighted by atomic mass is 10.2. The molecule has 4 heteroatoms. The van der Waals surface area contributed by atoms with Gasteiger partial charge in [0.05, 0.1) is 19.4 Å². The van der Waals surface area contributed by atoms with E-state index in [1.54, 1.807) is 18.4 Å². The van der Waals surface area contributed by atoms with E-state index in [1.807, 2.05) is 19.1 Å². The SMILES string of the molecule is COc1ccc(CNC(C)c2ccco2)c(F)c1. The number of methoxy groups -OCH3 is 1. The fraction of sp³-hybridized carbons (Fsp3) is 0.286. The van der Waals surface area contributed by atoms with E-state index in [0.717, 1.165) is 5.76 Å². The van der Waals surface area contributed by atoms with Gasteiger partial charge >= 0.3 is 0 Å². The molecule has 0 aliphatic carbocycles. The predicted molar refractivity (Wildman–Crippen MR) is 66.9 cm³/mol. The van der Waals surface area contributed by atoms with Crippen LogP contribution in [0, 0.1) is 5.82 Å². The molecule has 0 saturated heterocycles. The van der Waals surface area contributed by atoms with Gasteiger partial charge in [-0.1, -0.05) is 6.07 Å². The summed E-state index contributed by atoms with van der Waals surface area (Å²) in [5, 5.41) is 3.21. The summed E-state index contributed by atoms with van der Waals surface area (Å²) in [5.41, 5.74) is 0.606. The molecule has 3 nitrogen and oxygen atoms in total. The number of ether oxygens (including phenoxy) is 1. The number of furan rings is 1. The number of rotatable bonds is 5. The van der Waals surface area contributed by atoms with E-state index in [9.17, 15) is 4.39 Å². The molecule has 1 heterocycles. The molecule has 2 aromatic rings. The molecule has 0 amide bonds. The lowest BCUT2D eigenvalue weighted by Gasteiger charge is -2.12. The third-order valence-electron chi connectivity index (χ3n) is 2.83. The number of nitrogens with one attached hydrogen (secondary N) is 1. The minimum atomic E-state index is -0.270. The molecule has 0 aliphatic rings. The van der Waals surface area contributed by atoms with Crippen LogP contribution in [0.25, 0.3) is 0 Å². The molecule has 0 aliphatic heterocycles. The van der Waals surface area contributed by atoms with Crippen molar-refractivity contribution in [3.8, 4) is 5.75 Å². The van der Waals surface area contributed by atoms with Gasteiger partial charge in [0.1, 0.15) is 17.3 Å². The Morgan fingerprint density at radius 2 is 2.22 bits per heavy atom. The first-order chi connectivity index (χ1) is 8.70. The van der Waals surface area contributed by atoms with E-state index in [-0.39, 0.29) is 11.9 Å². The number of hydrogen-bond acceptors (Lipinski definition) is 3. The number of halogens is 1. The first kappa shape index (κ1) is 12.6. The van der Waals surface area contributed by atoms with Gasteiger partial charge in [-0.25, -0.2) is 4.39 Å². The third-order valence-corrected chi connectivity index (χ3v) is 2.83. The number of benzene rings is 1. The standard InChI is InChI=1S/C14H16FNO2/c1-10(14-4-3-7-18-14)16-9-11-5-6-12(17-2)8-13(11)15/h3-8,10,16H,9H2,1-2H3. The van der Waals surface area contributed by atoms with Crippen LogP contribution in [0.3, 0.4) is 0 Å². The van der Waals surface area contributed by atoms with Gasteiger partial charge in [0, 0.05) is 18.2 Å². The molecule has 1 aromatic heterocycles. The zero-order valence-corrected chi connectivity index (χ0v) is 10.4. The van der Waals surface area contributed by atoms with Crippen molar-refractivity contribution >= 4 is 0 Å². The predicted octanol–water partition coefficient (Wildman–Crippen LogP) is 3.28. The van der Waals surface area contributed by atoms with E-state index in [0.29, 0.717) is 17.9 Å². The molecule has 96 valence electrons. The Morgan fingerprint density at radius 1 is 1.39 bits per heavy atom. The maximum Gasteiger partial charge on any atom is 0.131 e. The highest BCUT2D eigenvalue weighted by atomic mass is 19.1. The summed E-state index contributed by atoms with van der Waals surface area (Å²) in [7, 11) is 1.52. The van der Waals surface area contributed by atoms with Gasteiger partial charge in [0.25, 0.3) is 0 Å². The molecule has 18 heavy (non-hydrogen) atoms. The summed E-state index contributed by atoms with van der Waals surface area (Å²) in [6.07, 6.45) is 1.63. The molecule has 1 atom stereocenters. The van der Waals surface area contributed by atoms with Crippen LogP contribution in [0.15, 0.2) is 41.0 Å². The molecule has 1 aromatic carbocycles. The zero-order valence-electron chi connectivity index (χ0n) is 10.4. The Hall–Kier alpha value is -1.81. The first-order valence-electron chi connectivity index (χ1n) is 5.80. The Balaban J connectivity index is 1.98. The first-order valence-corrected chi connectivity index (χ1v) is 5.80. The van der Waals surface area contributed by atoms with Gasteiger partial charge in [-0.15, -0.1) is 0 Å². The highest BCUT2D eigenvalue weighted by Crippen LogP contribution is 2.18. The molecular weight excluding hydrogens is 233 g/mol. The quantitative estimate of drug-likeness (QED) is 0.883. The second kappa shape index (κ2) is 5.69. The minimum absolute atomic E-state index is 0.0431. The Bertz CT molecular complexity index is 497. The van der Waals surface area contributed by atoms with Crippen LogP contribution < -0.4 is 10.1 Å². The smallest absolute Gasteiger partial charge is 0.131 e. The van der Waals surface area contributed by atoms with Crippen LogP contribution in [-0.4, -0.2) is 7.11 Å². The summed E-state index contributed by atoms with van der Waals surface area (Å²) in [5.74, 6) is 1.09. The molecular formula is C14H16FNO2. The van der Waals surface area contributed by atoms with E-state index in [1.165, 1.54) is 13.2 Å². The van der Waals surface area contributed by atoms with E-state index in [2.05, 4.69) is 5.32 Å². The summed E-state index contributed by atoms with van der Waals surface area (Å²) >= 11 is 0. The van der Waals surface area contributed by atoms with Crippen LogP contribution in [0.5, 0.6) is 5.75 Å². The monoisotopic (exact) mass is 249 g/mol. The molecule has 0 radical (unpaired) electrons. The van der Waals surface area contributed by atoms with Crippen molar-refractivity contribution in [1.29, 1.82) is 0 Å².